The van der Waals surface area contributed by atoms with E-state index in [0.717, 1.165) is 0 Å². The summed E-state index contributed by atoms with van der Waals surface area (Å²) in [7, 11) is 4.02. The number of hydrogen-bond donors (Lipinski definition) is 0. The molecule has 3 nitrogen and oxygen atoms in total. The maximum atomic E-state index is 12.6. The standard InChI is InChI=1S/C18H21NO2/c1-14(19(2)3)13-21-17-12-8-7-11-16(17)18(20)15-9-5-4-6-10-15/h4-12,14H,13H2,1-3H3. The number of hydrogen-bond acceptors (Lipinski definition) is 3. The third-order valence-electron chi connectivity index (χ3n) is 3.53. The van der Waals surface area contributed by atoms with Crippen molar-refractivity contribution in [1.82, 2.24) is 4.90 Å². The van der Waals surface area contributed by atoms with Crippen molar-refractivity contribution in [3.8, 4) is 5.75 Å². The SMILES string of the molecule is CC(COc1ccccc1C(=O)c1ccccc1)N(C)C. The minimum absolute atomic E-state index is 0.0105. The zero-order chi connectivity index (χ0) is 15.2. The highest BCUT2D eigenvalue weighted by Gasteiger charge is 2.15. The second kappa shape index (κ2) is 7.04. The van der Waals surface area contributed by atoms with Gasteiger partial charge >= 0.3 is 0 Å². The van der Waals surface area contributed by atoms with Gasteiger partial charge in [-0.05, 0) is 33.2 Å². The smallest absolute Gasteiger partial charge is 0.196 e. The van der Waals surface area contributed by atoms with Crippen LogP contribution in [-0.2, 0) is 0 Å². The van der Waals surface area contributed by atoms with Crippen LogP contribution in [0, 0.1) is 0 Å². The van der Waals surface area contributed by atoms with Crippen molar-refractivity contribution in [2.75, 3.05) is 20.7 Å². The third-order valence-corrected chi connectivity index (χ3v) is 3.53. The summed E-state index contributed by atoms with van der Waals surface area (Å²) in [5.41, 5.74) is 1.28. The molecule has 0 aromatic heterocycles. The molecule has 2 aromatic carbocycles. The zero-order valence-electron chi connectivity index (χ0n) is 12.7. The van der Waals surface area contributed by atoms with Crippen LogP contribution in [0.3, 0.4) is 0 Å². The molecule has 2 rings (SSSR count). The third kappa shape index (κ3) is 3.92. The summed E-state index contributed by atoms with van der Waals surface area (Å²) >= 11 is 0. The molecule has 110 valence electrons. The molecular formula is C18H21NO2. The van der Waals surface area contributed by atoms with Crippen molar-refractivity contribution in [1.29, 1.82) is 0 Å². The van der Waals surface area contributed by atoms with E-state index in [-0.39, 0.29) is 11.8 Å². The van der Waals surface area contributed by atoms with Crippen LogP contribution in [0.15, 0.2) is 54.6 Å². The Morgan fingerprint density at radius 1 is 1.05 bits per heavy atom. The average molecular weight is 283 g/mol. The molecular weight excluding hydrogens is 262 g/mol. The number of nitrogens with zero attached hydrogens (tertiary/aromatic N) is 1. The fourth-order valence-corrected chi connectivity index (χ4v) is 1.88. The van der Waals surface area contributed by atoms with E-state index in [9.17, 15) is 4.79 Å². The fraction of sp³-hybridized carbons (Fsp3) is 0.278. The predicted octanol–water partition coefficient (Wildman–Crippen LogP) is 3.25. The molecule has 0 heterocycles. The van der Waals surface area contributed by atoms with Gasteiger partial charge in [-0.1, -0.05) is 42.5 Å². The molecule has 0 saturated carbocycles. The summed E-state index contributed by atoms with van der Waals surface area (Å²) in [4.78, 5) is 14.6. The Labute approximate surface area is 126 Å². The maximum Gasteiger partial charge on any atom is 0.196 e. The largest absolute Gasteiger partial charge is 0.491 e. The highest BCUT2D eigenvalue weighted by atomic mass is 16.5. The lowest BCUT2D eigenvalue weighted by Crippen LogP contribution is -2.30. The molecule has 0 N–H and O–H groups in total. The molecule has 0 radical (unpaired) electrons. The van der Waals surface area contributed by atoms with Gasteiger partial charge < -0.3 is 9.64 Å². The van der Waals surface area contributed by atoms with Gasteiger partial charge in [-0.25, -0.2) is 0 Å². The highest BCUT2D eigenvalue weighted by Crippen LogP contribution is 2.21. The van der Waals surface area contributed by atoms with Gasteiger partial charge in [-0.15, -0.1) is 0 Å². The van der Waals surface area contributed by atoms with Crippen LogP contribution in [0.1, 0.15) is 22.8 Å². The van der Waals surface area contributed by atoms with E-state index >= 15 is 0 Å². The van der Waals surface area contributed by atoms with Crippen LogP contribution in [0.2, 0.25) is 0 Å². The van der Waals surface area contributed by atoms with E-state index in [0.29, 0.717) is 23.5 Å². The molecule has 1 unspecified atom stereocenters. The Balaban J connectivity index is 2.19. The summed E-state index contributed by atoms with van der Waals surface area (Å²) in [5.74, 6) is 0.628. The first kappa shape index (κ1) is 15.3. The van der Waals surface area contributed by atoms with Gasteiger partial charge in [-0.2, -0.15) is 0 Å². The summed E-state index contributed by atoms with van der Waals surface area (Å²) in [6.45, 7) is 2.63. The lowest BCUT2D eigenvalue weighted by Gasteiger charge is -2.20. The van der Waals surface area contributed by atoms with E-state index in [1.54, 1.807) is 0 Å². The van der Waals surface area contributed by atoms with Gasteiger partial charge in [-0.3, -0.25) is 4.79 Å². The maximum absolute atomic E-state index is 12.6. The second-order valence-corrected chi connectivity index (χ2v) is 5.31. The fourth-order valence-electron chi connectivity index (χ4n) is 1.88. The Morgan fingerprint density at radius 3 is 2.33 bits per heavy atom. The van der Waals surface area contributed by atoms with Gasteiger partial charge in [0.2, 0.25) is 0 Å². The van der Waals surface area contributed by atoms with Crippen LogP contribution >= 0.6 is 0 Å². The van der Waals surface area contributed by atoms with Crippen molar-refractivity contribution < 1.29 is 9.53 Å². The molecule has 0 spiro atoms. The highest BCUT2D eigenvalue weighted by molar-refractivity contribution is 6.10. The molecule has 0 saturated heterocycles. The first-order valence-electron chi connectivity index (χ1n) is 7.07. The van der Waals surface area contributed by atoms with Gasteiger partial charge in [0.15, 0.2) is 5.78 Å². The Kier molecular flexibility index (Phi) is 5.12. The van der Waals surface area contributed by atoms with Gasteiger partial charge in [0.05, 0.1) is 5.56 Å². The predicted molar refractivity (Wildman–Crippen MR) is 85.0 cm³/mol. The number of ketones is 1. The lowest BCUT2D eigenvalue weighted by molar-refractivity contribution is 0.103. The topological polar surface area (TPSA) is 29.5 Å². The normalized spacial score (nSPS) is 12.2. The Bertz CT molecular complexity index is 593. The first-order chi connectivity index (χ1) is 10.1. The Hall–Kier alpha value is -2.13. The molecule has 0 bridgehead atoms. The average Bonchev–Trinajstić information content (AvgIpc) is 2.53. The molecule has 21 heavy (non-hydrogen) atoms. The molecule has 0 aliphatic heterocycles. The summed E-state index contributed by atoms with van der Waals surface area (Å²) in [6.07, 6.45) is 0. The number of benzene rings is 2. The van der Waals surface area contributed by atoms with Gasteiger partial charge in [0, 0.05) is 11.6 Å². The molecule has 0 fully saturated rings. The number of likely N-dealkylation sites (N-methyl/N-ethyl adjacent to an activating group) is 1. The summed E-state index contributed by atoms with van der Waals surface area (Å²) < 4.78 is 5.84. The summed E-state index contributed by atoms with van der Waals surface area (Å²) in [6, 6.07) is 17.0. The molecule has 3 heteroatoms. The molecule has 0 amide bonds. The van der Waals surface area contributed by atoms with Crippen molar-refractivity contribution in [3.05, 3.63) is 65.7 Å². The van der Waals surface area contributed by atoms with Crippen LogP contribution in [0.4, 0.5) is 0 Å². The van der Waals surface area contributed by atoms with Gasteiger partial charge in [0.1, 0.15) is 12.4 Å². The lowest BCUT2D eigenvalue weighted by atomic mass is 10.0. The Morgan fingerprint density at radius 2 is 1.67 bits per heavy atom. The minimum atomic E-state index is -0.0105. The number of para-hydroxylation sites is 1. The molecule has 1 atom stereocenters. The van der Waals surface area contributed by atoms with E-state index < -0.39 is 0 Å². The number of carbonyl (C=O) groups excluding carboxylic acids is 1. The van der Waals surface area contributed by atoms with E-state index in [2.05, 4.69) is 11.8 Å². The molecule has 0 aliphatic carbocycles. The number of rotatable bonds is 6. The zero-order valence-corrected chi connectivity index (χ0v) is 12.7. The van der Waals surface area contributed by atoms with Crippen LogP contribution < -0.4 is 4.74 Å². The van der Waals surface area contributed by atoms with Crippen molar-refractivity contribution >= 4 is 5.78 Å². The second-order valence-electron chi connectivity index (χ2n) is 5.31. The van der Waals surface area contributed by atoms with E-state index in [1.165, 1.54) is 0 Å². The van der Waals surface area contributed by atoms with Crippen molar-refractivity contribution in [2.45, 2.75) is 13.0 Å². The molecule has 2 aromatic rings. The molecule has 0 aliphatic rings. The first-order valence-corrected chi connectivity index (χ1v) is 7.07. The van der Waals surface area contributed by atoms with Gasteiger partial charge in [0.25, 0.3) is 0 Å². The van der Waals surface area contributed by atoms with Crippen molar-refractivity contribution in [3.63, 3.8) is 0 Å². The van der Waals surface area contributed by atoms with E-state index in [1.807, 2.05) is 68.7 Å². The van der Waals surface area contributed by atoms with Crippen LogP contribution in [0.25, 0.3) is 0 Å². The summed E-state index contributed by atoms with van der Waals surface area (Å²) in [5, 5.41) is 0. The number of carbonyl (C=O) groups is 1. The monoisotopic (exact) mass is 283 g/mol. The van der Waals surface area contributed by atoms with Crippen LogP contribution in [0.5, 0.6) is 5.75 Å². The quantitative estimate of drug-likeness (QED) is 0.762. The minimum Gasteiger partial charge on any atom is -0.491 e. The van der Waals surface area contributed by atoms with Crippen LogP contribution in [-0.4, -0.2) is 37.4 Å². The van der Waals surface area contributed by atoms with Crippen molar-refractivity contribution in [2.24, 2.45) is 0 Å². The number of ether oxygens (including phenoxy) is 1. The van der Waals surface area contributed by atoms with E-state index in [4.69, 9.17) is 4.74 Å².